The van der Waals surface area contributed by atoms with E-state index in [0.29, 0.717) is 6.61 Å². The third kappa shape index (κ3) is 3.41. The van der Waals surface area contributed by atoms with Crippen molar-refractivity contribution in [2.24, 2.45) is 0 Å². The smallest absolute Gasteiger partial charge is 0.0837 e. The number of benzene rings is 1. The van der Waals surface area contributed by atoms with E-state index in [9.17, 15) is 0 Å². The number of likely N-dealkylation sites (tertiary alicyclic amines) is 1. The fourth-order valence-electron chi connectivity index (χ4n) is 4.58. The Hall–Kier alpha value is -1.20. The first-order chi connectivity index (χ1) is 12.2. The number of ether oxygens (including phenoxy) is 1. The van der Waals surface area contributed by atoms with Gasteiger partial charge < -0.3 is 9.84 Å². The molecule has 1 aromatic carbocycles. The molecule has 2 heterocycles. The predicted molar refractivity (Wildman–Crippen MR) is 102 cm³/mol. The highest BCUT2D eigenvalue weighted by molar-refractivity contribution is 7.11. The van der Waals surface area contributed by atoms with Crippen LogP contribution in [0.4, 0.5) is 0 Å². The second kappa shape index (κ2) is 7.20. The summed E-state index contributed by atoms with van der Waals surface area (Å²) in [6.07, 6.45) is 3.62. The molecule has 1 saturated heterocycles. The molecule has 25 heavy (non-hydrogen) atoms. The van der Waals surface area contributed by atoms with Crippen molar-refractivity contribution in [2.45, 2.75) is 44.2 Å². The lowest BCUT2D eigenvalue weighted by Crippen LogP contribution is -2.41. The quantitative estimate of drug-likeness (QED) is 0.876. The molecule has 0 bridgehead atoms. The topological polar surface area (TPSA) is 32.7 Å². The highest BCUT2D eigenvalue weighted by Gasteiger charge is 2.45. The minimum absolute atomic E-state index is 0.0969. The number of hydrogen-bond donors (Lipinski definition) is 1. The van der Waals surface area contributed by atoms with E-state index >= 15 is 0 Å². The first-order valence-electron chi connectivity index (χ1n) is 9.30. The van der Waals surface area contributed by atoms with Crippen LogP contribution in [0.2, 0.25) is 0 Å². The number of thiophene rings is 1. The number of aryl methyl sites for hydroxylation is 1. The number of hydrogen-bond acceptors (Lipinski definition) is 4. The van der Waals surface area contributed by atoms with Gasteiger partial charge in [-0.25, -0.2) is 0 Å². The zero-order chi connectivity index (χ0) is 17.3. The van der Waals surface area contributed by atoms with E-state index in [-0.39, 0.29) is 18.1 Å². The van der Waals surface area contributed by atoms with Crippen LogP contribution in [0.15, 0.2) is 36.4 Å². The zero-order valence-electron chi connectivity index (χ0n) is 14.9. The molecule has 4 rings (SSSR count). The fraction of sp³-hybridized carbons (Fsp3) is 0.524. The molecule has 1 spiro atoms. The monoisotopic (exact) mass is 357 g/mol. The number of nitrogens with zero attached hydrogens (tertiary/aromatic N) is 1. The van der Waals surface area contributed by atoms with Crippen molar-refractivity contribution in [1.82, 2.24) is 4.90 Å². The average molecular weight is 358 g/mol. The Kier molecular flexibility index (Phi) is 4.96. The molecule has 0 radical (unpaired) electrons. The molecule has 0 saturated carbocycles. The predicted octanol–water partition coefficient (Wildman–Crippen LogP) is 4.04. The highest BCUT2D eigenvalue weighted by atomic mass is 32.1. The van der Waals surface area contributed by atoms with Crippen LogP contribution in [0.5, 0.6) is 0 Å². The van der Waals surface area contributed by atoms with Crippen molar-refractivity contribution >= 4 is 11.3 Å². The number of piperidine rings is 1. The average Bonchev–Trinajstić information content (AvgIpc) is 3.17. The molecular weight excluding hydrogens is 330 g/mol. The van der Waals surface area contributed by atoms with Gasteiger partial charge in [-0.2, -0.15) is 0 Å². The molecular formula is C21H27NO2S. The zero-order valence-corrected chi connectivity index (χ0v) is 15.7. The first-order valence-corrected chi connectivity index (χ1v) is 10.1. The minimum atomic E-state index is 0.0969. The summed E-state index contributed by atoms with van der Waals surface area (Å²) in [5, 5.41) is 9.12. The molecule has 2 aliphatic rings. The summed E-state index contributed by atoms with van der Waals surface area (Å²) in [6, 6.07) is 13.3. The van der Waals surface area contributed by atoms with Crippen LogP contribution in [0.1, 0.15) is 46.2 Å². The second-order valence-electron chi connectivity index (χ2n) is 7.44. The molecule has 4 heteroatoms. The Labute approximate surface area is 154 Å². The molecule has 1 fully saturated rings. The maximum Gasteiger partial charge on any atom is 0.0837 e. The van der Waals surface area contributed by atoms with Gasteiger partial charge in [-0.1, -0.05) is 24.3 Å². The number of aliphatic hydroxyl groups excluding tert-OH is 1. The first kappa shape index (κ1) is 17.2. The molecule has 2 aromatic rings. The Morgan fingerprint density at radius 1 is 1.20 bits per heavy atom. The van der Waals surface area contributed by atoms with Crippen molar-refractivity contribution in [3.8, 4) is 0 Å². The van der Waals surface area contributed by atoms with E-state index in [1.54, 1.807) is 0 Å². The van der Waals surface area contributed by atoms with Gasteiger partial charge in [0.1, 0.15) is 0 Å². The van der Waals surface area contributed by atoms with Gasteiger partial charge >= 0.3 is 0 Å². The summed E-state index contributed by atoms with van der Waals surface area (Å²) in [5.74, 6) is 0. The normalized spacial score (nSPS) is 22.4. The Morgan fingerprint density at radius 3 is 2.72 bits per heavy atom. The summed E-state index contributed by atoms with van der Waals surface area (Å²) < 4.78 is 5.97. The van der Waals surface area contributed by atoms with Crippen molar-refractivity contribution in [3.63, 3.8) is 0 Å². The van der Waals surface area contributed by atoms with Crippen LogP contribution in [-0.2, 0) is 16.7 Å². The van der Waals surface area contributed by atoms with Crippen molar-refractivity contribution in [3.05, 3.63) is 57.3 Å². The lowest BCUT2D eigenvalue weighted by atomic mass is 9.73. The van der Waals surface area contributed by atoms with Crippen LogP contribution >= 0.6 is 11.3 Å². The third-order valence-corrected chi connectivity index (χ3v) is 6.84. The Morgan fingerprint density at radius 2 is 2.00 bits per heavy atom. The van der Waals surface area contributed by atoms with Crippen LogP contribution in [0, 0.1) is 6.92 Å². The summed E-state index contributed by atoms with van der Waals surface area (Å²) in [7, 11) is 0. The van der Waals surface area contributed by atoms with Gasteiger partial charge in [-0.3, -0.25) is 4.90 Å². The molecule has 3 nitrogen and oxygen atoms in total. The molecule has 0 unspecified atom stereocenters. The Balaban J connectivity index is 1.46. The highest BCUT2D eigenvalue weighted by Crippen LogP contribution is 2.52. The van der Waals surface area contributed by atoms with E-state index in [2.05, 4.69) is 48.2 Å². The summed E-state index contributed by atoms with van der Waals surface area (Å²) in [4.78, 5) is 5.47. The van der Waals surface area contributed by atoms with Gasteiger partial charge in [0.05, 0.1) is 19.3 Å². The number of fused-ring (bicyclic) bond motifs is 2. The van der Waals surface area contributed by atoms with Crippen LogP contribution < -0.4 is 0 Å². The van der Waals surface area contributed by atoms with Gasteiger partial charge in [0, 0.05) is 21.7 Å². The lowest BCUT2D eigenvalue weighted by Gasteiger charge is -2.40. The lowest BCUT2D eigenvalue weighted by molar-refractivity contribution is 0.0128. The van der Waals surface area contributed by atoms with Crippen molar-refractivity contribution < 1.29 is 9.84 Å². The SMILES string of the molecule is Cc1ccc(CN2CCC3(CC2)C[C@H](OCCO)c2ccccc23)s1. The van der Waals surface area contributed by atoms with Crippen LogP contribution in [0.3, 0.4) is 0 Å². The molecule has 134 valence electrons. The van der Waals surface area contributed by atoms with Gasteiger partial charge in [0.2, 0.25) is 0 Å². The minimum Gasteiger partial charge on any atom is -0.394 e. The van der Waals surface area contributed by atoms with Gasteiger partial charge in [-0.15, -0.1) is 11.3 Å². The maximum absolute atomic E-state index is 9.12. The number of aliphatic hydroxyl groups is 1. The molecule has 1 aromatic heterocycles. The van der Waals surface area contributed by atoms with Gasteiger partial charge in [-0.05, 0) is 62.5 Å². The van der Waals surface area contributed by atoms with Crippen molar-refractivity contribution in [1.29, 1.82) is 0 Å². The third-order valence-electron chi connectivity index (χ3n) is 5.85. The largest absolute Gasteiger partial charge is 0.394 e. The van der Waals surface area contributed by atoms with Crippen LogP contribution in [-0.4, -0.2) is 36.3 Å². The number of rotatable bonds is 5. The summed E-state index contributed by atoms with van der Waals surface area (Å²) in [6.45, 7) is 6.09. The van der Waals surface area contributed by atoms with E-state index in [1.165, 1.54) is 33.7 Å². The van der Waals surface area contributed by atoms with Crippen LogP contribution in [0.25, 0.3) is 0 Å². The molecule has 1 N–H and O–H groups in total. The van der Waals surface area contributed by atoms with E-state index in [1.807, 2.05) is 11.3 Å². The molecule has 0 amide bonds. The van der Waals surface area contributed by atoms with Gasteiger partial charge in [0.25, 0.3) is 0 Å². The maximum atomic E-state index is 9.12. The molecule has 1 atom stereocenters. The molecule has 1 aliphatic carbocycles. The fourth-order valence-corrected chi connectivity index (χ4v) is 5.52. The summed E-state index contributed by atoms with van der Waals surface area (Å²) >= 11 is 1.92. The van der Waals surface area contributed by atoms with E-state index in [4.69, 9.17) is 9.84 Å². The molecule has 1 aliphatic heterocycles. The Bertz CT molecular complexity index is 718. The standard InChI is InChI=1S/C21H27NO2S/c1-16-6-7-17(25-16)15-22-10-8-21(9-11-22)14-20(24-13-12-23)18-4-2-3-5-19(18)21/h2-7,20,23H,8-15H2,1H3/t20-/m0/s1. The summed E-state index contributed by atoms with van der Waals surface area (Å²) in [5.41, 5.74) is 3.10. The van der Waals surface area contributed by atoms with Crippen molar-refractivity contribution in [2.75, 3.05) is 26.3 Å². The van der Waals surface area contributed by atoms with E-state index in [0.717, 1.165) is 26.1 Å². The second-order valence-corrected chi connectivity index (χ2v) is 8.82. The van der Waals surface area contributed by atoms with E-state index < -0.39 is 0 Å². The van der Waals surface area contributed by atoms with Gasteiger partial charge in [0.15, 0.2) is 0 Å².